The first-order valence-electron chi connectivity index (χ1n) is 6.66. The van der Waals surface area contributed by atoms with Crippen molar-refractivity contribution in [3.8, 4) is 5.75 Å². The van der Waals surface area contributed by atoms with E-state index in [2.05, 4.69) is 57.0 Å². The lowest BCUT2D eigenvalue weighted by atomic mass is 9.72. The molecule has 3 heteroatoms. The first kappa shape index (κ1) is 13.4. The fourth-order valence-corrected chi connectivity index (χ4v) is 4.86. The molecule has 0 saturated carbocycles. The Morgan fingerprint density at radius 1 is 1.32 bits per heavy atom. The first-order chi connectivity index (χ1) is 9.09. The van der Waals surface area contributed by atoms with Crippen LogP contribution < -0.4 is 0 Å². The maximum Gasteiger partial charge on any atom is 0.130 e. The van der Waals surface area contributed by atoms with E-state index in [-0.39, 0.29) is 5.41 Å². The van der Waals surface area contributed by atoms with Crippen LogP contribution in [0.2, 0.25) is 0 Å². The van der Waals surface area contributed by atoms with Gasteiger partial charge in [-0.05, 0) is 58.0 Å². The summed E-state index contributed by atoms with van der Waals surface area (Å²) in [4.78, 5) is 0. The highest BCUT2D eigenvalue weighted by Gasteiger charge is 2.43. The quantitative estimate of drug-likeness (QED) is 0.708. The molecule has 0 aromatic heterocycles. The molecule has 2 aliphatic carbocycles. The Morgan fingerprint density at radius 3 is 2.84 bits per heavy atom. The van der Waals surface area contributed by atoms with Crippen molar-refractivity contribution in [3.63, 3.8) is 0 Å². The van der Waals surface area contributed by atoms with Gasteiger partial charge in [-0.1, -0.05) is 47.5 Å². The molecule has 0 saturated heterocycles. The SMILES string of the molecule is CCCC12CC=CC(Br)=C1c1ccc(O)c(Br)c1C2. The zero-order valence-corrected chi connectivity index (χ0v) is 14.0. The molecule has 0 fully saturated rings. The van der Waals surface area contributed by atoms with Gasteiger partial charge in [-0.15, -0.1) is 0 Å². The van der Waals surface area contributed by atoms with Gasteiger partial charge >= 0.3 is 0 Å². The van der Waals surface area contributed by atoms with Gasteiger partial charge in [-0.25, -0.2) is 0 Å². The van der Waals surface area contributed by atoms with Crippen LogP contribution in [-0.2, 0) is 6.42 Å². The summed E-state index contributed by atoms with van der Waals surface area (Å²) in [6.07, 6.45) is 8.90. The van der Waals surface area contributed by atoms with Crippen LogP contribution in [0.1, 0.15) is 37.3 Å². The number of aromatic hydroxyl groups is 1. The van der Waals surface area contributed by atoms with Crippen LogP contribution in [0.4, 0.5) is 0 Å². The van der Waals surface area contributed by atoms with E-state index in [0.717, 1.165) is 17.3 Å². The normalized spacial score (nSPS) is 24.6. The summed E-state index contributed by atoms with van der Waals surface area (Å²) in [5.74, 6) is 0.341. The molecular formula is C16H16Br2O. The number of benzene rings is 1. The second-order valence-corrected chi connectivity index (χ2v) is 7.11. The largest absolute Gasteiger partial charge is 0.507 e. The number of phenolic OH excluding ortho intramolecular Hbond substituents is 1. The smallest absolute Gasteiger partial charge is 0.130 e. The van der Waals surface area contributed by atoms with Crippen molar-refractivity contribution in [2.45, 2.75) is 32.6 Å². The molecular weight excluding hydrogens is 368 g/mol. The van der Waals surface area contributed by atoms with Crippen LogP contribution in [0.15, 0.2) is 33.2 Å². The molecule has 1 nitrogen and oxygen atoms in total. The number of allylic oxidation sites excluding steroid dienone is 4. The van der Waals surface area contributed by atoms with E-state index >= 15 is 0 Å². The third-order valence-electron chi connectivity index (χ3n) is 4.28. The predicted octanol–water partition coefficient (Wildman–Crippen LogP) is 5.56. The number of hydrogen-bond donors (Lipinski definition) is 1. The van der Waals surface area contributed by atoms with Crippen molar-refractivity contribution in [1.29, 1.82) is 0 Å². The monoisotopic (exact) mass is 382 g/mol. The van der Waals surface area contributed by atoms with Gasteiger partial charge in [-0.3, -0.25) is 0 Å². The Hall–Kier alpha value is -0.540. The summed E-state index contributed by atoms with van der Waals surface area (Å²) in [5.41, 5.74) is 4.17. The molecule has 19 heavy (non-hydrogen) atoms. The van der Waals surface area contributed by atoms with Crippen LogP contribution in [0.25, 0.3) is 5.57 Å². The zero-order valence-electron chi connectivity index (χ0n) is 10.8. The molecule has 0 amide bonds. The van der Waals surface area contributed by atoms with E-state index in [1.165, 1.54) is 34.0 Å². The minimum absolute atomic E-state index is 0.209. The predicted molar refractivity (Wildman–Crippen MR) is 86.5 cm³/mol. The average molecular weight is 384 g/mol. The lowest BCUT2D eigenvalue weighted by Crippen LogP contribution is -2.21. The highest BCUT2D eigenvalue weighted by atomic mass is 79.9. The molecule has 100 valence electrons. The number of halogens is 2. The average Bonchev–Trinajstić information content (AvgIpc) is 2.71. The molecule has 1 unspecified atom stereocenters. The molecule has 0 heterocycles. The van der Waals surface area contributed by atoms with Crippen molar-refractivity contribution >= 4 is 37.4 Å². The van der Waals surface area contributed by atoms with E-state index in [1.807, 2.05) is 0 Å². The maximum absolute atomic E-state index is 9.91. The van der Waals surface area contributed by atoms with Crippen LogP contribution >= 0.6 is 31.9 Å². The van der Waals surface area contributed by atoms with E-state index < -0.39 is 0 Å². The number of phenols is 1. The van der Waals surface area contributed by atoms with Gasteiger partial charge in [0, 0.05) is 9.90 Å². The lowest BCUT2D eigenvalue weighted by molar-refractivity contribution is 0.375. The van der Waals surface area contributed by atoms with Crippen LogP contribution in [0, 0.1) is 5.41 Å². The van der Waals surface area contributed by atoms with Crippen molar-refractivity contribution in [3.05, 3.63) is 44.4 Å². The van der Waals surface area contributed by atoms with Crippen LogP contribution in [0.3, 0.4) is 0 Å². The molecule has 1 atom stereocenters. The third kappa shape index (κ3) is 1.93. The van der Waals surface area contributed by atoms with E-state index in [0.29, 0.717) is 5.75 Å². The van der Waals surface area contributed by atoms with Crippen molar-refractivity contribution < 1.29 is 5.11 Å². The fraction of sp³-hybridized carbons (Fsp3) is 0.375. The summed E-state index contributed by atoms with van der Waals surface area (Å²) in [6.45, 7) is 2.24. The van der Waals surface area contributed by atoms with Crippen molar-refractivity contribution in [1.82, 2.24) is 0 Å². The van der Waals surface area contributed by atoms with Crippen LogP contribution in [-0.4, -0.2) is 5.11 Å². The number of hydrogen-bond acceptors (Lipinski definition) is 1. The second kappa shape index (κ2) is 4.78. The van der Waals surface area contributed by atoms with Gasteiger partial charge in [0.1, 0.15) is 5.75 Å². The highest BCUT2D eigenvalue weighted by Crippen LogP contribution is 2.58. The van der Waals surface area contributed by atoms with Gasteiger partial charge in [0.25, 0.3) is 0 Å². The van der Waals surface area contributed by atoms with E-state index in [9.17, 15) is 5.11 Å². The molecule has 0 bridgehead atoms. The number of fused-ring (bicyclic) bond motifs is 3. The summed E-state index contributed by atoms with van der Waals surface area (Å²) in [6, 6.07) is 3.85. The van der Waals surface area contributed by atoms with Gasteiger partial charge < -0.3 is 5.11 Å². The van der Waals surface area contributed by atoms with Gasteiger partial charge in [-0.2, -0.15) is 0 Å². The van der Waals surface area contributed by atoms with Crippen LogP contribution in [0.5, 0.6) is 5.75 Å². The Kier molecular flexibility index (Phi) is 3.38. The van der Waals surface area contributed by atoms with Crippen molar-refractivity contribution in [2.24, 2.45) is 5.41 Å². The second-order valence-electron chi connectivity index (χ2n) is 5.46. The third-order valence-corrected chi connectivity index (χ3v) is 5.82. The maximum atomic E-state index is 9.91. The molecule has 3 rings (SSSR count). The Morgan fingerprint density at radius 2 is 2.11 bits per heavy atom. The Balaban J connectivity index is 2.24. The van der Waals surface area contributed by atoms with Gasteiger partial charge in [0.05, 0.1) is 4.47 Å². The van der Waals surface area contributed by atoms with E-state index in [4.69, 9.17) is 0 Å². The number of rotatable bonds is 2. The Labute approximate surface area is 130 Å². The first-order valence-corrected chi connectivity index (χ1v) is 8.25. The Bertz CT molecular complexity index is 601. The molecule has 1 N–H and O–H groups in total. The molecule has 1 aromatic rings. The highest BCUT2D eigenvalue weighted by molar-refractivity contribution is 9.12. The topological polar surface area (TPSA) is 20.2 Å². The zero-order chi connectivity index (χ0) is 13.6. The summed E-state index contributed by atoms with van der Waals surface area (Å²) in [7, 11) is 0. The van der Waals surface area contributed by atoms with Gasteiger partial charge in [0.2, 0.25) is 0 Å². The van der Waals surface area contributed by atoms with Crippen molar-refractivity contribution in [2.75, 3.05) is 0 Å². The van der Waals surface area contributed by atoms with E-state index in [1.54, 1.807) is 6.07 Å². The summed E-state index contributed by atoms with van der Waals surface area (Å²) >= 11 is 7.28. The summed E-state index contributed by atoms with van der Waals surface area (Å²) in [5, 5.41) is 9.91. The fourth-order valence-electron chi connectivity index (χ4n) is 3.55. The molecule has 0 spiro atoms. The molecule has 2 aliphatic rings. The minimum Gasteiger partial charge on any atom is -0.507 e. The minimum atomic E-state index is 0.209. The standard InChI is InChI=1S/C16H16Br2O/c1-2-7-16-8-3-4-12(17)14(16)10-5-6-13(19)15(18)11(10)9-16/h3-6,19H,2,7-9H2,1H3. The lowest BCUT2D eigenvalue weighted by Gasteiger charge is -2.33. The summed E-state index contributed by atoms with van der Waals surface area (Å²) < 4.78 is 2.06. The molecule has 0 radical (unpaired) electrons. The van der Waals surface area contributed by atoms with Gasteiger partial charge in [0.15, 0.2) is 0 Å². The molecule has 1 aromatic carbocycles. The molecule has 0 aliphatic heterocycles.